The Labute approximate surface area is 151 Å². The fraction of sp³-hybridized carbons (Fsp3) is 0.150. The van der Waals surface area contributed by atoms with Crippen molar-refractivity contribution in [3.8, 4) is 5.69 Å². The van der Waals surface area contributed by atoms with Gasteiger partial charge >= 0.3 is 0 Å². The molecule has 0 aliphatic carbocycles. The summed E-state index contributed by atoms with van der Waals surface area (Å²) in [5, 5.41) is 9.58. The molecular formula is C20H20N4O2. The third-order valence-electron chi connectivity index (χ3n) is 4.04. The Bertz CT molecular complexity index is 859. The highest BCUT2D eigenvalue weighted by Crippen LogP contribution is 2.14. The summed E-state index contributed by atoms with van der Waals surface area (Å²) in [6.45, 7) is 1.74. The maximum Gasteiger partial charge on any atom is 0.243 e. The summed E-state index contributed by atoms with van der Waals surface area (Å²) in [6, 6.07) is 18.6. The van der Waals surface area contributed by atoms with E-state index in [1.54, 1.807) is 23.0 Å². The molecule has 1 atom stereocenters. The van der Waals surface area contributed by atoms with Gasteiger partial charge in [-0.05, 0) is 42.8 Å². The lowest BCUT2D eigenvalue weighted by Crippen LogP contribution is -2.35. The summed E-state index contributed by atoms with van der Waals surface area (Å²) in [5.74, 6) is -0.761. The molecule has 0 aliphatic rings. The van der Waals surface area contributed by atoms with Crippen molar-refractivity contribution >= 4 is 17.5 Å². The van der Waals surface area contributed by atoms with Crippen LogP contribution >= 0.6 is 0 Å². The van der Waals surface area contributed by atoms with E-state index in [1.165, 1.54) is 0 Å². The van der Waals surface area contributed by atoms with Crippen LogP contribution in [0.15, 0.2) is 73.1 Å². The Balaban J connectivity index is 1.50. The fourth-order valence-electron chi connectivity index (χ4n) is 2.54. The normalized spacial score (nSPS) is 11.6. The van der Waals surface area contributed by atoms with Crippen LogP contribution in [0.5, 0.6) is 0 Å². The molecule has 3 aromatic rings. The Hall–Kier alpha value is -3.41. The smallest absolute Gasteiger partial charge is 0.243 e. The summed E-state index contributed by atoms with van der Waals surface area (Å²) in [5.41, 5.74) is 2.48. The highest BCUT2D eigenvalue weighted by Gasteiger charge is 2.15. The van der Waals surface area contributed by atoms with Gasteiger partial charge in [0.05, 0.1) is 18.2 Å². The van der Waals surface area contributed by atoms with Crippen molar-refractivity contribution in [3.63, 3.8) is 0 Å². The first-order valence-corrected chi connectivity index (χ1v) is 8.36. The van der Waals surface area contributed by atoms with Crippen molar-refractivity contribution in [3.05, 3.63) is 78.6 Å². The lowest BCUT2D eigenvalue weighted by Gasteiger charge is -2.12. The molecule has 0 fully saturated rings. The third-order valence-corrected chi connectivity index (χ3v) is 4.04. The van der Waals surface area contributed by atoms with E-state index in [4.69, 9.17) is 0 Å². The van der Waals surface area contributed by atoms with Crippen LogP contribution < -0.4 is 10.6 Å². The van der Waals surface area contributed by atoms with E-state index < -0.39 is 0 Å². The van der Waals surface area contributed by atoms with Gasteiger partial charge in [0.2, 0.25) is 11.8 Å². The zero-order valence-corrected chi connectivity index (χ0v) is 14.4. The van der Waals surface area contributed by atoms with Crippen LogP contribution in [0.4, 0.5) is 5.69 Å². The van der Waals surface area contributed by atoms with Crippen molar-refractivity contribution in [2.24, 2.45) is 0 Å². The van der Waals surface area contributed by atoms with E-state index in [9.17, 15) is 9.59 Å². The fourth-order valence-corrected chi connectivity index (χ4v) is 2.54. The molecule has 6 nitrogen and oxygen atoms in total. The Morgan fingerprint density at radius 3 is 2.42 bits per heavy atom. The van der Waals surface area contributed by atoms with E-state index in [2.05, 4.69) is 15.7 Å². The topological polar surface area (TPSA) is 76.0 Å². The molecule has 132 valence electrons. The maximum absolute atomic E-state index is 12.2. The Morgan fingerprint density at radius 1 is 1.04 bits per heavy atom. The number of hydrogen-bond donors (Lipinski definition) is 2. The molecule has 2 aromatic carbocycles. The molecule has 0 aliphatic heterocycles. The molecule has 0 unspecified atom stereocenters. The second kappa shape index (κ2) is 8.11. The SMILES string of the molecule is C[C@@H](C(=O)NCC(=O)Nc1ccc(-n2cccn2)cc1)c1ccccc1. The molecule has 1 aromatic heterocycles. The Morgan fingerprint density at radius 2 is 1.77 bits per heavy atom. The van der Waals surface area contributed by atoms with Gasteiger partial charge in [0.25, 0.3) is 0 Å². The van der Waals surface area contributed by atoms with Gasteiger partial charge in [-0.3, -0.25) is 9.59 Å². The molecule has 2 amide bonds. The van der Waals surface area contributed by atoms with E-state index in [1.807, 2.05) is 61.7 Å². The van der Waals surface area contributed by atoms with Gasteiger partial charge < -0.3 is 10.6 Å². The molecule has 1 heterocycles. The number of nitrogens with one attached hydrogen (secondary N) is 2. The molecule has 0 bridgehead atoms. The molecule has 0 saturated carbocycles. The van der Waals surface area contributed by atoms with Gasteiger partial charge in [-0.15, -0.1) is 0 Å². The average molecular weight is 348 g/mol. The maximum atomic E-state index is 12.2. The lowest BCUT2D eigenvalue weighted by molar-refractivity contribution is -0.125. The number of nitrogens with zero attached hydrogens (tertiary/aromatic N) is 2. The Kier molecular flexibility index (Phi) is 5.43. The van der Waals surface area contributed by atoms with Crippen LogP contribution in [-0.4, -0.2) is 28.1 Å². The number of carbonyl (C=O) groups is 2. The number of carbonyl (C=O) groups excluding carboxylic acids is 2. The molecule has 0 saturated heterocycles. The first-order chi connectivity index (χ1) is 12.6. The number of amides is 2. The minimum atomic E-state index is -0.308. The summed E-state index contributed by atoms with van der Waals surface area (Å²) in [6.07, 6.45) is 3.55. The van der Waals surface area contributed by atoms with Gasteiger partial charge in [0, 0.05) is 18.1 Å². The third kappa shape index (κ3) is 4.36. The predicted octanol–water partition coefficient (Wildman–Crippen LogP) is 2.73. The summed E-state index contributed by atoms with van der Waals surface area (Å²) in [7, 11) is 0. The van der Waals surface area contributed by atoms with Gasteiger partial charge in [0.1, 0.15) is 0 Å². The number of hydrogen-bond acceptors (Lipinski definition) is 3. The van der Waals surface area contributed by atoms with Crippen LogP contribution in [-0.2, 0) is 9.59 Å². The van der Waals surface area contributed by atoms with Crippen LogP contribution in [0, 0.1) is 0 Å². The number of anilines is 1. The minimum Gasteiger partial charge on any atom is -0.347 e. The summed E-state index contributed by atoms with van der Waals surface area (Å²) < 4.78 is 1.73. The van der Waals surface area contributed by atoms with Crippen molar-refractivity contribution in [1.82, 2.24) is 15.1 Å². The minimum absolute atomic E-state index is 0.0725. The van der Waals surface area contributed by atoms with E-state index in [0.29, 0.717) is 5.69 Å². The van der Waals surface area contributed by atoms with E-state index in [-0.39, 0.29) is 24.3 Å². The second-order valence-electron chi connectivity index (χ2n) is 5.90. The zero-order chi connectivity index (χ0) is 18.4. The number of aromatic nitrogens is 2. The van der Waals surface area contributed by atoms with Crippen LogP contribution in [0.2, 0.25) is 0 Å². The summed E-state index contributed by atoms with van der Waals surface area (Å²) >= 11 is 0. The van der Waals surface area contributed by atoms with E-state index >= 15 is 0 Å². The molecule has 26 heavy (non-hydrogen) atoms. The highest BCUT2D eigenvalue weighted by atomic mass is 16.2. The molecular weight excluding hydrogens is 328 g/mol. The van der Waals surface area contributed by atoms with E-state index in [0.717, 1.165) is 11.3 Å². The van der Waals surface area contributed by atoms with Crippen molar-refractivity contribution < 1.29 is 9.59 Å². The lowest BCUT2D eigenvalue weighted by atomic mass is 10.0. The van der Waals surface area contributed by atoms with Gasteiger partial charge in [0.15, 0.2) is 0 Å². The van der Waals surface area contributed by atoms with Gasteiger partial charge in [-0.25, -0.2) is 4.68 Å². The number of rotatable bonds is 6. The molecule has 3 rings (SSSR count). The molecule has 6 heteroatoms. The van der Waals surface area contributed by atoms with Crippen molar-refractivity contribution in [2.45, 2.75) is 12.8 Å². The molecule has 0 spiro atoms. The first kappa shape index (κ1) is 17.4. The van der Waals surface area contributed by atoms with Crippen molar-refractivity contribution in [2.75, 3.05) is 11.9 Å². The standard InChI is InChI=1S/C20H20N4O2/c1-15(16-6-3-2-4-7-16)20(26)21-14-19(25)23-17-8-10-18(11-9-17)24-13-5-12-22-24/h2-13,15H,14H2,1H3,(H,21,26)(H,23,25)/t15-/m1/s1. The van der Waals surface area contributed by atoms with Crippen molar-refractivity contribution in [1.29, 1.82) is 0 Å². The predicted molar refractivity (Wildman–Crippen MR) is 100 cm³/mol. The van der Waals surface area contributed by atoms with Crippen LogP contribution in [0.3, 0.4) is 0 Å². The first-order valence-electron chi connectivity index (χ1n) is 8.36. The second-order valence-corrected chi connectivity index (χ2v) is 5.90. The summed E-state index contributed by atoms with van der Waals surface area (Å²) in [4.78, 5) is 24.2. The number of benzene rings is 2. The zero-order valence-electron chi connectivity index (χ0n) is 14.4. The van der Waals surface area contributed by atoms with Crippen LogP contribution in [0.1, 0.15) is 18.4 Å². The monoisotopic (exact) mass is 348 g/mol. The highest BCUT2D eigenvalue weighted by molar-refractivity contribution is 5.95. The average Bonchev–Trinajstić information content (AvgIpc) is 3.21. The van der Waals surface area contributed by atoms with Gasteiger partial charge in [-0.2, -0.15) is 5.10 Å². The largest absolute Gasteiger partial charge is 0.347 e. The molecule has 0 radical (unpaired) electrons. The molecule has 2 N–H and O–H groups in total. The van der Waals surface area contributed by atoms with Crippen LogP contribution in [0.25, 0.3) is 5.69 Å². The quantitative estimate of drug-likeness (QED) is 0.719. The van der Waals surface area contributed by atoms with Gasteiger partial charge in [-0.1, -0.05) is 30.3 Å².